The molecule has 21 heavy (non-hydrogen) atoms. The Morgan fingerprint density at radius 1 is 1.24 bits per heavy atom. The number of anilines is 1. The van der Waals surface area contributed by atoms with E-state index in [9.17, 15) is 0 Å². The average Bonchev–Trinajstić information content (AvgIpc) is 2.55. The van der Waals surface area contributed by atoms with Crippen molar-refractivity contribution >= 4 is 17.5 Å². The third-order valence-electron chi connectivity index (χ3n) is 3.51. The zero-order valence-electron chi connectivity index (χ0n) is 11.7. The summed E-state index contributed by atoms with van der Waals surface area (Å²) in [5.41, 5.74) is 0. The number of halogens is 1. The Morgan fingerprint density at radius 3 is 2.86 bits per heavy atom. The fourth-order valence-corrected chi connectivity index (χ4v) is 2.58. The standard InChI is InChI=1S/C15H17ClN4O/c16-13-8-18-15(19-9-13)20-7-3-4-12(10-20)11-21-14-5-1-2-6-17-14/h1-2,5-6,8-9,12H,3-4,7,10-11H2. The molecule has 0 amide bonds. The van der Waals surface area contributed by atoms with Gasteiger partial charge >= 0.3 is 0 Å². The number of ether oxygens (including phenoxy) is 1. The number of hydrogen-bond donors (Lipinski definition) is 0. The second-order valence-electron chi connectivity index (χ2n) is 5.13. The highest BCUT2D eigenvalue weighted by molar-refractivity contribution is 6.30. The predicted molar refractivity (Wildman–Crippen MR) is 81.7 cm³/mol. The lowest BCUT2D eigenvalue weighted by molar-refractivity contribution is 0.221. The fraction of sp³-hybridized carbons (Fsp3) is 0.400. The topological polar surface area (TPSA) is 51.1 Å². The lowest BCUT2D eigenvalue weighted by atomic mass is 9.99. The summed E-state index contributed by atoms with van der Waals surface area (Å²) in [5, 5.41) is 0.561. The first-order valence-electron chi connectivity index (χ1n) is 7.07. The van der Waals surface area contributed by atoms with Crippen molar-refractivity contribution < 1.29 is 4.74 Å². The molecule has 3 rings (SSSR count). The van der Waals surface area contributed by atoms with Crippen LogP contribution in [0.3, 0.4) is 0 Å². The summed E-state index contributed by atoms with van der Waals surface area (Å²) in [4.78, 5) is 14.9. The van der Waals surface area contributed by atoms with Crippen LogP contribution in [0.4, 0.5) is 5.95 Å². The van der Waals surface area contributed by atoms with Gasteiger partial charge in [0.1, 0.15) is 0 Å². The Morgan fingerprint density at radius 2 is 2.10 bits per heavy atom. The van der Waals surface area contributed by atoms with Crippen LogP contribution >= 0.6 is 11.6 Å². The van der Waals surface area contributed by atoms with Crippen molar-refractivity contribution in [2.24, 2.45) is 5.92 Å². The molecule has 3 heterocycles. The minimum Gasteiger partial charge on any atom is -0.477 e. The first-order chi connectivity index (χ1) is 10.3. The van der Waals surface area contributed by atoms with Crippen LogP contribution in [0.15, 0.2) is 36.8 Å². The smallest absolute Gasteiger partial charge is 0.225 e. The van der Waals surface area contributed by atoms with Crippen LogP contribution in [0, 0.1) is 5.92 Å². The lowest BCUT2D eigenvalue weighted by Gasteiger charge is -2.32. The molecule has 1 unspecified atom stereocenters. The molecule has 1 saturated heterocycles. The molecular formula is C15H17ClN4O. The van der Waals surface area contributed by atoms with Crippen LogP contribution in [-0.2, 0) is 0 Å². The molecule has 1 aliphatic heterocycles. The van der Waals surface area contributed by atoms with Gasteiger partial charge in [-0.3, -0.25) is 0 Å². The quantitative estimate of drug-likeness (QED) is 0.869. The van der Waals surface area contributed by atoms with Crippen molar-refractivity contribution in [2.45, 2.75) is 12.8 Å². The van der Waals surface area contributed by atoms with E-state index in [1.807, 2.05) is 18.2 Å². The highest BCUT2D eigenvalue weighted by Gasteiger charge is 2.22. The third kappa shape index (κ3) is 3.82. The van der Waals surface area contributed by atoms with E-state index in [1.165, 1.54) is 0 Å². The number of rotatable bonds is 4. The fourth-order valence-electron chi connectivity index (χ4n) is 2.49. The van der Waals surface area contributed by atoms with Gasteiger partial charge in [0, 0.05) is 31.3 Å². The molecule has 0 N–H and O–H groups in total. The molecular weight excluding hydrogens is 288 g/mol. The summed E-state index contributed by atoms with van der Waals surface area (Å²) in [6.07, 6.45) is 7.28. The molecule has 0 bridgehead atoms. The Labute approximate surface area is 129 Å². The Balaban J connectivity index is 1.57. The summed E-state index contributed by atoms with van der Waals surface area (Å²) in [6.45, 7) is 2.54. The molecule has 1 atom stereocenters. The van der Waals surface area contributed by atoms with E-state index in [0.29, 0.717) is 23.4 Å². The first kappa shape index (κ1) is 14.1. The van der Waals surface area contributed by atoms with Gasteiger partial charge < -0.3 is 9.64 Å². The van der Waals surface area contributed by atoms with Gasteiger partial charge in [-0.15, -0.1) is 0 Å². The van der Waals surface area contributed by atoms with Crippen LogP contribution in [-0.4, -0.2) is 34.6 Å². The monoisotopic (exact) mass is 304 g/mol. The van der Waals surface area contributed by atoms with E-state index in [0.717, 1.165) is 31.9 Å². The number of nitrogens with zero attached hydrogens (tertiary/aromatic N) is 4. The van der Waals surface area contributed by atoms with Crippen LogP contribution < -0.4 is 9.64 Å². The molecule has 1 aliphatic rings. The maximum Gasteiger partial charge on any atom is 0.225 e. The van der Waals surface area contributed by atoms with Crippen molar-refractivity contribution in [2.75, 3.05) is 24.6 Å². The Kier molecular flexibility index (Phi) is 4.50. The molecule has 1 fully saturated rings. The highest BCUT2D eigenvalue weighted by atomic mass is 35.5. The molecule has 2 aromatic rings. The summed E-state index contributed by atoms with van der Waals surface area (Å²) in [5.74, 6) is 1.87. The predicted octanol–water partition coefficient (Wildman–Crippen LogP) is 2.82. The van der Waals surface area contributed by atoms with Crippen LogP contribution in [0.25, 0.3) is 0 Å². The van der Waals surface area contributed by atoms with Gasteiger partial charge in [0.15, 0.2) is 0 Å². The van der Waals surface area contributed by atoms with E-state index in [2.05, 4.69) is 19.9 Å². The molecule has 6 heteroatoms. The summed E-state index contributed by atoms with van der Waals surface area (Å²) in [6, 6.07) is 5.69. The maximum atomic E-state index is 5.83. The van der Waals surface area contributed by atoms with Gasteiger partial charge in [0.05, 0.1) is 24.0 Å². The minimum absolute atomic E-state index is 0.458. The molecule has 110 valence electrons. The second kappa shape index (κ2) is 6.72. The van der Waals surface area contributed by atoms with Crippen LogP contribution in [0.5, 0.6) is 5.88 Å². The highest BCUT2D eigenvalue weighted by Crippen LogP contribution is 2.21. The van der Waals surface area contributed by atoms with Crippen LogP contribution in [0.1, 0.15) is 12.8 Å². The molecule has 0 spiro atoms. The van der Waals surface area contributed by atoms with Gasteiger partial charge in [-0.1, -0.05) is 17.7 Å². The van der Waals surface area contributed by atoms with Crippen molar-refractivity contribution in [1.82, 2.24) is 15.0 Å². The van der Waals surface area contributed by atoms with Gasteiger partial charge in [0.25, 0.3) is 0 Å². The van der Waals surface area contributed by atoms with Gasteiger partial charge in [0.2, 0.25) is 11.8 Å². The minimum atomic E-state index is 0.458. The summed E-state index contributed by atoms with van der Waals surface area (Å²) in [7, 11) is 0. The van der Waals surface area contributed by atoms with Crippen molar-refractivity contribution in [1.29, 1.82) is 0 Å². The number of piperidine rings is 1. The molecule has 2 aromatic heterocycles. The molecule has 0 aromatic carbocycles. The van der Waals surface area contributed by atoms with Gasteiger partial charge in [-0.25, -0.2) is 15.0 Å². The van der Waals surface area contributed by atoms with E-state index in [1.54, 1.807) is 18.6 Å². The van der Waals surface area contributed by atoms with E-state index in [4.69, 9.17) is 16.3 Å². The lowest BCUT2D eigenvalue weighted by Crippen LogP contribution is -2.38. The zero-order chi connectivity index (χ0) is 14.5. The number of pyridine rings is 1. The maximum absolute atomic E-state index is 5.83. The summed E-state index contributed by atoms with van der Waals surface area (Å²) >= 11 is 5.83. The average molecular weight is 305 g/mol. The molecule has 0 aliphatic carbocycles. The number of hydrogen-bond acceptors (Lipinski definition) is 5. The third-order valence-corrected chi connectivity index (χ3v) is 3.71. The largest absolute Gasteiger partial charge is 0.477 e. The van der Waals surface area contributed by atoms with Crippen molar-refractivity contribution in [3.05, 3.63) is 41.8 Å². The molecule has 0 radical (unpaired) electrons. The van der Waals surface area contributed by atoms with E-state index < -0.39 is 0 Å². The van der Waals surface area contributed by atoms with Crippen molar-refractivity contribution in [3.8, 4) is 5.88 Å². The second-order valence-corrected chi connectivity index (χ2v) is 5.57. The van der Waals surface area contributed by atoms with Gasteiger partial charge in [-0.05, 0) is 18.9 Å². The van der Waals surface area contributed by atoms with Crippen molar-refractivity contribution in [3.63, 3.8) is 0 Å². The Hall–Kier alpha value is -1.88. The molecule has 5 nitrogen and oxygen atoms in total. The Bertz CT molecular complexity index is 564. The summed E-state index contributed by atoms with van der Waals surface area (Å²) < 4.78 is 5.75. The first-order valence-corrected chi connectivity index (χ1v) is 7.45. The zero-order valence-corrected chi connectivity index (χ0v) is 12.4. The number of aromatic nitrogens is 3. The SMILES string of the molecule is Clc1cnc(N2CCCC(COc3ccccn3)C2)nc1. The van der Waals surface area contributed by atoms with E-state index >= 15 is 0 Å². The van der Waals surface area contributed by atoms with Gasteiger partial charge in [-0.2, -0.15) is 0 Å². The molecule has 0 saturated carbocycles. The normalized spacial score (nSPS) is 18.5. The van der Waals surface area contributed by atoms with E-state index in [-0.39, 0.29) is 0 Å². The van der Waals surface area contributed by atoms with Crippen LogP contribution in [0.2, 0.25) is 5.02 Å².